The summed E-state index contributed by atoms with van der Waals surface area (Å²) in [4.78, 5) is 17.9. The normalized spacial score (nSPS) is 31.7. The largest absolute Gasteiger partial charge is 0.454 e. The van der Waals surface area contributed by atoms with Crippen molar-refractivity contribution in [2.75, 3.05) is 46.1 Å². The molecule has 4 fully saturated rings. The zero-order valence-corrected chi connectivity index (χ0v) is 16.6. The highest BCUT2D eigenvalue weighted by molar-refractivity contribution is 5.94. The van der Waals surface area contributed by atoms with Crippen molar-refractivity contribution in [2.24, 2.45) is 11.8 Å². The first-order valence-electron chi connectivity index (χ1n) is 10.9. The van der Waals surface area contributed by atoms with E-state index in [1.54, 1.807) is 6.07 Å². The number of likely N-dealkylation sites (tertiary alicyclic amines) is 1. The Labute approximate surface area is 167 Å². The van der Waals surface area contributed by atoms with Gasteiger partial charge in [0, 0.05) is 31.2 Å². The monoisotopic (exact) mass is 385 g/mol. The second-order valence-corrected chi connectivity index (χ2v) is 8.83. The predicted molar refractivity (Wildman–Crippen MR) is 107 cm³/mol. The van der Waals surface area contributed by atoms with Gasteiger partial charge in [-0.2, -0.15) is 0 Å². The molecular formula is C22H31N3O3. The summed E-state index contributed by atoms with van der Waals surface area (Å²) in [5.74, 6) is 2.98. The van der Waals surface area contributed by atoms with E-state index < -0.39 is 0 Å². The van der Waals surface area contributed by atoms with Gasteiger partial charge in [-0.15, -0.1) is 0 Å². The van der Waals surface area contributed by atoms with Crippen LogP contribution in [0.2, 0.25) is 0 Å². The predicted octanol–water partition coefficient (Wildman–Crippen LogP) is 2.34. The standard InChI is InChI=1S/C22H31N3O3/c26-22(17-4-5-20-21(11-17)28-15-27-20)23-12-19-10-16-6-9-25(19)14-18(16)13-24-7-2-1-3-8-24/h4-5,11,16,18-19H,1-3,6-10,12-15H2,(H,23,26). The molecule has 4 saturated heterocycles. The number of rotatable bonds is 5. The topological polar surface area (TPSA) is 54.0 Å². The quantitative estimate of drug-likeness (QED) is 0.843. The fraction of sp³-hybridized carbons (Fsp3) is 0.682. The van der Waals surface area contributed by atoms with Crippen molar-refractivity contribution in [3.8, 4) is 11.5 Å². The maximum atomic E-state index is 12.6. The number of carbonyl (C=O) groups is 1. The van der Waals surface area contributed by atoms with Gasteiger partial charge in [0.1, 0.15) is 0 Å². The molecule has 0 aliphatic carbocycles. The Bertz CT molecular complexity index is 719. The van der Waals surface area contributed by atoms with Crippen LogP contribution in [0.4, 0.5) is 0 Å². The average molecular weight is 386 g/mol. The molecular weight excluding hydrogens is 354 g/mol. The van der Waals surface area contributed by atoms with Gasteiger partial charge >= 0.3 is 0 Å². The van der Waals surface area contributed by atoms with Gasteiger partial charge in [-0.05, 0) is 75.4 Å². The lowest BCUT2D eigenvalue weighted by Crippen LogP contribution is -2.58. The van der Waals surface area contributed by atoms with Gasteiger partial charge < -0.3 is 19.7 Å². The molecule has 0 radical (unpaired) electrons. The van der Waals surface area contributed by atoms with E-state index in [9.17, 15) is 4.79 Å². The van der Waals surface area contributed by atoms with Crippen LogP contribution in [0.1, 0.15) is 42.5 Å². The third-order valence-corrected chi connectivity index (χ3v) is 7.09. The highest BCUT2D eigenvalue weighted by Crippen LogP contribution is 2.37. The highest BCUT2D eigenvalue weighted by atomic mass is 16.7. The smallest absolute Gasteiger partial charge is 0.251 e. The van der Waals surface area contributed by atoms with Gasteiger partial charge in [-0.1, -0.05) is 6.42 Å². The lowest BCUT2D eigenvalue weighted by atomic mass is 9.75. The van der Waals surface area contributed by atoms with Gasteiger partial charge in [0.2, 0.25) is 6.79 Å². The fourth-order valence-electron chi connectivity index (χ4n) is 5.49. The maximum Gasteiger partial charge on any atom is 0.251 e. The number of amides is 1. The number of nitrogens with one attached hydrogen (secondary N) is 1. The molecule has 28 heavy (non-hydrogen) atoms. The van der Waals surface area contributed by atoms with Crippen LogP contribution in [0.5, 0.6) is 11.5 Å². The van der Waals surface area contributed by atoms with Crippen molar-refractivity contribution in [1.82, 2.24) is 15.1 Å². The number of fused-ring (bicyclic) bond motifs is 4. The molecule has 6 heteroatoms. The molecule has 2 bridgehead atoms. The Balaban J connectivity index is 1.14. The number of ether oxygens (including phenoxy) is 2. The summed E-state index contributed by atoms with van der Waals surface area (Å²) in [6, 6.07) is 5.88. The van der Waals surface area contributed by atoms with Crippen molar-refractivity contribution in [3.63, 3.8) is 0 Å². The zero-order valence-electron chi connectivity index (χ0n) is 16.6. The first-order chi connectivity index (χ1) is 13.8. The van der Waals surface area contributed by atoms with Crippen LogP contribution >= 0.6 is 0 Å². The molecule has 6 rings (SSSR count). The van der Waals surface area contributed by atoms with Gasteiger partial charge in [-0.3, -0.25) is 9.69 Å². The first-order valence-corrected chi connectivity index (χ1v) is 10.9. The molecule has 5 aliphatic rings. The average Bonchev–Trinajstić information content (AvgIpc) is 3.21. The summed E-state index contributed by atoms with van der Waals surface area (Å²) in [7, 11) is 0. The molecule has 1 amide bonds. The van der Waals surface area contributed by atoms with Crippen molar-refractivity contribution in [2.45, 2.75) is 38.1 Å². The SMILES string of the molecule is O=C(NCC1CC2CCN1CC2CN1CCCCC1)c1ccc2c(c1)OCO2. The van der Waals surface area contributed by atoms with E-state index in [0.29, 0.717) is 23.1 Å². The molecule has 5 aliphatic heterocycles. The molecule has 5 heterocycles. The number of carbonyl (C=O) groups excluding carboxylic acids is 1. The Kier molecular flexibility index (Phi) is 5.16. The minimum Gasteiger partial charge on any atom is -0.454 e. The molecule has 0 saturated carbocycles. The van der Waals surface area contributed by atoms with Crippen LogP contribution in [0.3, 0.4) is 0 Å². The van der Waals surface area contributed by atoms with Crippen LogP contribution in [0, 0.1) is 11.8 Å². The number of piperidine rings is 4. The minimum absolute atomic E-state index is 0.0224. The lowest BCUT2D eigenvalue weighted by molar-refractivity contribution is -0.0134. The molecule has 0 aromatic heterocycles. The van der Waals surface area contributed by atoms with E-state index in [0.717, 1.165) is 18.4 Å². The van der Waals surface area contributed by atoms with E-state index in [1.165, 1.54) is 64.8 Å². The van der Waals surface area contributed by atoms with Crippen LogP contribution in [0.15, 0.2) is 18.2 Å². The Morgan fingerprint density at radius 2 is 1.96 bits per heavy atom. The van der Waals surface area contributed by atoms with Crippen LogP contribution in [-0.2, 0) is 0 Å². The third kappa shape index (κ3) is 3.72. The number of hydrogen-bond donors (Lipinski definition) is 1. The van der Waals surface area contributed by atoms with E-state index in [4.69, 9.17) is 9.47 Å². The van der Waals surface area contributed by atoms with Crippen molar-refractivity contribution in [3.05, 3.63) is 23.8 Å². The highest BCUT2D eigenvalue weighted by Gasteiger charge is 2.40. The van der Waals surface area contributed by atoms with Crippen LogP contribution in [0.25, 0.3) is 0 Å². The molecule has 1 aromatic carbocycles. The molecule has 1 aromatic rings. The Morgan fingerprint density at radius 3 is 2.79 bits per heavy atom. The second-order valence-electron chi connectivity index (χ2n) is 8.83. The van der Waals surface area contributed by atoms with Crippen LogP contribution in [-0.4, -0.2) is 67.8 Å². The maximum absolute atomic E-state index is 12.6. The molecule has 4 atom stereocenters. The molecule has 152 valence electrons. The minimum atomic E-state index is -0.0224. The third-order valence-electron chi connectivity index (χ3n) is 7.09. The van der Waals surface area contributed by atoms with E-state index in [-0.39, 0.29) is 12.7 Å². The molecule has 4 unspecified atom stereocenters. The lowest BCUT2D eigenvalue weighted by Gasteiger charge is -2.51. The molecule has 0 spiro atoms. The van der Waals surface area contributed by atoms with E-state index in [2.05, 4.69) is 15.1 Å². The van der Waals surface area contributed by atoms with Gasteiger partial charge in [0.25, 0.3) is 5.91 Å². The Morgan fingerprint density at radius 1 is 1.11 bits per heavy atom. The van der Waals surface area contributed by atoms with Gasteiger partial charge in [-0.25, -0.2) is 0 Å². The summed E-state index contributed by atoms with van der Waals surface area (Å²) in [6.45, 7) is 7.21. The summed E-state index contributed by atoms with van der Waals surface area (Å²) in [5, 5.41) is 3.15. The van der Waals surface area contributed by atoms with Crippen molar-refractivity contribution >= 4 is 5.91 Å². The first kappa shape index (κ1) is 18.3. The molecule has 1 N–H and O–H groups in total. The van der Waals surface area contributed by atoms with E-state index in [1.807, 2.05) is 12.1 Å². The summed E-state index contributed by atoms with van der Waals surface area (Å²) < 4.78 is 10.7. The summed E-state index contributed by atoms with van der Waals surface area (Å²) >= 11 is 0. The Hall–Kier alpha value is -1.79. The van der Waals surface area contributed by atoms with Crippen LogP contribution < -0.4 is 14.8 Å². The van der Waals surface area contributed by atoms with Crippen molar-refractivity contribution < 1.29 is 14.3 Å². The van der Waals surface area contributed by atoms with E-state index >= 15 is 0 Å². The fourth-order valence-corrected chi connectivity index (χ4v) is 5.49. The van der Waals surface area contributed by atoms with Crippen molar-refractivity contribution in [1.29, 1.82) is 0 Å². The summed E-state index contributed by atoms with van der Waals surface area (Å²) in [5.41, 5.74) is 0.642. The summed E-state index contributed by atoms with van der Waals surface area (Å²) in [6.07, 6.45) is 6.69. The van der Waals surface area contributed by atoms with Gasteiger partial charge in [0.15, 0.2) is 11.5 Å². The number of benzene rings is 1. The molecule has 6 nitrogen and oxygen atoms in total. The number of nitrogens with zero attached hydrogens (tertiary/aromatic N) is 2. The number of hydrogen-bond acceptors (Lipinski definition) is 5. The van der Waals surface area contributed by atoms with Gasteiger partial charge in [0.05, 0.1) is 0 Å². The second kappa shape index (κ2) is 7.91. The zero-order chi connectivity index (χ0) is 18.9.